The lowest BCUT2D eigenvalue weighted by Gasteiger charge is -2.26. The second-order valence-electron chi connectivity index (χ2n) is 7.96. The first-order valence-corrected chi connectivity index (χ1v) is 10.0. The Morgan fingerprint density at radius 3 is 1.38 bits per heavy atom. The van der Waals surface area contributed by atoms with Crippen LogP contribution in [0.25, 0.3) is 22.3 Å². The van der Waals surface area contributed by atoms with Crippen molar-refractivity contribution in [3.8, 4) is 22.3 Å². The van der Waals surface area contributed by atoms with Gasteiger partial charge in [0, 0.05) is 34.1 Å². The Bertz CT molecular complexity index is 1150. The van der Waals surface area contributed by atoms with Gasteiger partial charge in [0.05, 0.1) is 0 Å². The van der Waals surface area contributed by atoms with Crippen LogP contribution < -0.4 is 0 Å². The largest absolute Gasteiger partial charge is 0.289 e. The van der Waals surface area contributed by atoms with Crippen molar-refractivity contribution in [1.29, 1.82) is 0 Å². The summed E-state index contributed by atoms with van der Waals surface area (Å²) in [6.07, 6.45) is 5.06. The molecule has 3 aromatic rings. The SMILES string of the molecule is O=C1C2=C(C(=O)c3c(-c4ccccc4)ccc(-c4ccccc4)c31)[C@H]1C=C[C@@H]2C1. The molecule has 2 bridgehead atoms. The van der Waals surface area contributed by atoms with E-state index < -0.39 is 0 Å². The van der Waals surface area contributed by atoms with Gasteiger partial charge in [-0.2, -0.15) is 0 Å². The molecule has 0 aromatic heterocycles. The smallest absolute Gasteiger partial charge is 0.191 e. The van der Waals surface area contributed by atoms with Crippen molar-refractivity contribution in [3.63, 3.8) is 0 Å². The van der Waals surface area contributed by atoms with Gasteiger partial charge in [-0.3, -0.25) is 9.59 Å². The standard InChI is InChI=1S/C27H18O2/c28-26-22-18-11-12-19(15-18)23(22)27(29)25-21(17-9-5-2-6-10-17)14-13-20(24(25)26)16-7-3-1-4-8-16/h1-14,18-19H,15H2/t18-,19+. The number of hydrogen-bond acceptors (Lipinski definition) is 2. The summed E-state index contributed by atoms with van der Waals surface area (Å²) in [7, 11) is 0. The van der Waals surface area contributed by atoms with Crippen molar-refractivity contribution >= 4 is 11.6 Å². The number of Topliss-reactive ketones (excluding diaryl/α,β-unsaturated/α-hetero) is 2. The van der Waals surface area contributed by atoms with Gasteiger partial charge in [0.15, 0.2) is 11.6 Å². The highest BCUT2D eigenvalue weighted by Crippen LogP contribution is 2.51. The van der Waals surface area contributed by atoms with Crippen LogP contribution in [0.15, 0.2) is 96.1 Å². The fourth-order valence-electron chi connectivity index (χ4n) is 5.17. The zero-order valence-electron chi connectivity index (χ0n) is 15.8. The van der Waals surface area contributed by atoms with E-state index in [9.17, 15) is 9.59 Å². The quantitative estimate of drug-likeness (QED) is 0.523. The normalized spacial score (nSPS) is 21.5. The molecule has 0 radical (unpaired) electrons. The van der Waals surface area contributed by atoms with Gasteiger partial charge in [-0.15, -0.1) is 0 Å². The maximum absolute atomic E-state index is 13.8. The van der Waals surface area contributed by atoms with E-state index in [0.29, 0.717) is 11.1 Å². The lowest BCUT2D eigenvalue weighted by molar-refractivity contribution is 0.0970. The van der Waals surface area contributed by atoms with Gasteiger partial charge in [-0.05, 0) is 28.7 Å². The Morgan fingerprint density at radius 1 is 0.552 bits per heavy atom. The second kappa shape index (κ2) is 5.99. The molecule has 0 aliphatic heterocycles. The average molecular weight is 374 g/mol. The number of hydrogen-bond donors (Lipinski definition) is 0. The summed E-state index contributed by atoms with van der Waals surface area (Å²) in [4.78, 5) is 27.5. The third kappa shape index (κ3) is 2.23. The van der Waals surface area contributed by atoms with Crippen LogP contribution >= 0.6 is 0 Å². The third-order valence-corrected chi connectivity index (χ3v) is 6.43. The Hall–Kier alpha value is -3.52. The monoisotopic (exact) mass is 374 g/mol. The van der Waals surface area contributed by atoms with Crippen LogP contribution in [0, 0.1) is 11.8 Å². The van der Waals surface area contributed by atoms with Gasteiger partial charge in [0.1, 0.15) is 0 Å². The van der Waals surface area contributed by atoms with E-state index in [1.807, 2.05) is 72.8 Å². The highest BCUT2D eigenvalue weighted by Gasteiger charge is 2.47. The van der Waals surface area contributed by atoms with Crippen molar-refractivity contribution < 1.29 is 9.59 Å². The molecule has 29 heavy (non-hydrogen) atoms. The lowest BCUT2D eigenvalue weighted by Crippen LogP contribution is -2.26. The summed E-state index contributed by atoms with van der Waals surface area (Å²) in [5.41, 5.74) is 6.23. The molecule has 0 heterocycles. The summed E-state index contributed by atoms with van der Waals surface area (Å²) in [6, 6.07) is 23.8. The van der Waals surface area contributed by atoms with Gasteiger partial charge >= 0.3 is 0 Å². The van der Waals surface area contributed by atoms with Gasteiger partial charge in [0.2, 0.25) is 0 Å². The number of carbonyl (C=O) groups excluding carboxylic acids is 2. The molecule has 0 saturated heterocycles. The molecule has 3 aliphatic rings. The number of fused-ring (bicyclic) bond motifs is 5. The summed E-state index contributed by atoms with van der Waals surface area (Å²) in [5.74, 6) is 0.235. The van der Waals surface area contributed by atoms with Crippen molar-refractivity contribution in [2.75, 3.05) is 0 Å². The van der Waals surface area contributed by atoms with Crippen molar-refractivity contribution in [2.24, 2.45) is 11.8 Å². The summed E-state index contributed by atoms with van der Waals surface area (Å²) < 4.78 is 0. The molecule has 0 N–H and O–H groups in total. The van der Waals surface area contributed by atoms with Crippen molar-refractivity contribution in [1.82, 2.24) is 0 Å². The zero-order chi connectivity index (χ0) is 19.5. The topological polar surface area (TPSA) is 34.1 Å². The van der Waals surface area contributed by atoms with E-state index in [0.717, 1.165) is 39.8 Å². The fourth-order valence-corrected chi connectivity index (χ4v) is 5.17. The predicted molar refractivity (Wildman–Crippen MR) is 114 cm³/mol. The van der Waals surface area contributed by atoms with Crippen LogP contribution in [0.4, 0.5) is 0 Å². The Morgan fingerprint density at radius 2 is 0.966 bits per heavy atom. The minimum atomic E-state index is 0.0306. The molecule has 138 valence electrons. The van der Waals surface area contributed by atoms with Crippen molar-refractivity contribution in [2.45, 2.75) is 6.42 Å². The summed E-state index contributed by atoms with van der Waals surface area (Å²) >= 11 is 0. The Balaban J connectivity index is 1.67. The van der Waals surface area contributed by atoms with Crippen LogP contribution in [-0.2, 0) is 0 Å². The average Bonchev–Trinajstić information content (AvgIpc) is 3.40. The number of rotatable bonds is 2. The first kappa shape index (κ1) is 16.4. The van der Waals surface area contributed by atoms with E-state index >= 15 is 0 Å². The molecular formula is C27H18O2. The highest BCUT2D eigenvalue weighted by atomic mass is 16.1. The fraction of sp³-hybridized carbons (Fsp3) is 0.111. The van der Waals surface area contributed by atoms with E-state index in [1.165, 1.54) is 0 Å². The van der Waals surface area contributed by atoms with Crippen molar-refractivity contribution in [3.05, 3.63) is 107 Å². The third-order valence-electron chi connectivity index (χ3n) is 6.43. The molecule has 3 aliphatic carbocycles. The number of allylic oxidation sites excluding steroid dienone is 4. The van der Waals surface area contributed by atoms with E-state index in [-0.39, 0.29) is 23.4 Å². The minimum Gasteiger partial charge on any atom is -0.289 e. The second-order valence-corrected chi connectivity index (χ2v) is 7.96. The molecule has 2 heteroatoms. The number of ketones is 2. The van der Waals surface area contributed by atoms with Gasteiger partial charge in [0.25, 0.3) is 0 Å². The Labute approximate surface area is 169 Å². The highest BCUT2D eigenvalue weighted by molar-refractivity contribution is 6.32. The number of carbonyl (C=O) groups is 2. The van der Waals surface area contributed by atoms with Crippen LogP contribution in [-0.4, -0.2) is 11.6 Å². The van der Waals surface area contributed by atoms with Crippen LogP contribution in [0.5, 0.6) is 0 Å². The maximum Gasteiger partial charge on any atom is 0.191 e. The molecule has 0 fully saturated rings. The molecule has 0 saturated carbocycles. The van der Waals surface area contributed by atoms with E-state index in [1.54, 1.807) is 0 Å². The van der Waals surface area contributed by atoms with Crippen LogP contribution in [0.2, 0.25) is 0 Å². The molecule has 6 rings (SSSR count). The van der Waals surface area contributed by atoms with E-state index in [2.05, 4.69) is 12.2 Å². The lowest BCUT2D eigenvalue weighted by atomic mass is 9.74. The Kier molecular flexibility index (Phi) is 3.39. The molecular weight excluding hydrogens is 356 g/mol. The van der Waals surface area contributed by atoms with Crippen LogP contribution in [0.3, 0.4) is 0 Å². The first-order chi connectivity index (χ1) is 14.2. The van der Waals surface area contributed by atoms with Gasteiger partial charge in [-0.25, -0.2) is 0 Å². The van der Waals surface area contributed by atoms with Gasteiger partial charge < -0.3 is 0 Å². The molecule has 0 amide bonds. The predicted octanol–water partition coefficient (Wildman–Crippen LogP) is 5.90. The zero-order valence-corrected chi connectivity index (χ0v) is 15.8. The first-order valence-electron chi connectivity index (χ1n) is 10.0. The molecule has 0 spiro atoms. The molecule has 3 aromatic carbocycles. The minimum absolute atomic E-state index is 0.0306. The summed E-state index contributed by atoms with van der Waals surface area (Å²) in [6.45, 7) is 0. The number of benzene rings is 3. The summed E-state index contributed by atoms with van der Waals surface area (Å²) in [5, 5.41) is 0. The maximum atomic E-state index is 13.8. The van der Waals surface area contributed by atoms with Gasteiger partial charge in [-0.1, -0.05) is 84.9 Å². The molecule has 0 unspecified atom stereocenters. The molecule has 2 atom stereocenters. The van der Waals surface area contributed by atoms with Crippen LogP contribution in [0.1, 0.15) is 27.1 Å². The molecule has 2 nitrogen and oxygen atoms in total. The van der Waals surface area contributed by atoms with E-state index in [4.69, 9.17) is 0 Å².